The van der Waals surface area contributed by atoms with E-state index in [2.05, 4.69) is 4.99 Å². The number of hydrogen-bond donors (Lipinski definition) is 0. The largest absolute Gasteiger partial charge is 0.479 e. The van der Waals surface area contributed by atoms with Crippen molar-refractivity contribution in [2.45, 2.75) is 25.7 Å². The summed E-state index contributed by atoms with van der Waals surface area (Å²) in [5.41, 5.74) is 1.66. The Morgan fingerprint density at radius 3 is 2.78 bits per heavy atom. The first-order valence-electron chi connectivity index (χ1n) is 7.20. The third-order valence-electron chi connectivity index (χ3n) is 3.76. The van der Waals surface area contributed by atoms with E-state index in [9.17, 15) is 14.9 Å². The average molecular weight is 349 g/mol. The van der Waals surface area contributed by atoms with Crippen LogP contribution in [0.4, 0.5) is 5.00 Å². The molecule has 0 atom stereocenters. The van der Waals surface area contributed by atoms with Gasteiger partial charge in [0.05, 0.1) is 0 Å². The Labute approximate surface area is 141 Å². The lowest BCUT2D eigenvalue weighted by Gasteiger charge is -2.10. The lowest BCUT2D eigenvalue weighted by atomic mass is 9.95. The molecule has 118 valence electrons. The van der Waals surface area contributed by atoms with Crippen molar-refractivity contribution in [1.82, 2.24) is 0 Å². The van der Waals surface area contributed by atoms with Crippen LogP contribution in [-0.4, -0.2) is 17.0 Å². The van der Waals surface area contributed by atoms with Crippen molar-refractivity contribution in [1.29, 1.82) is 0 Å². The van der Waals surface area contributed by atoms with Gasteiger partial charge in [0.1, 0.15) is 15.5 Å². The highest BCUT2D eigenvalue weighted by Crippen LogP contribution is 2.40. The second-order valence-electron chi connectivity index (χ2n) is 5.23. The van der Waals surface area contributed by atoms with Gasteiger partial charge in [-0.3, -0.25) is 10.1 Å². The molecule has 0 bridgehead atoms. The van der Waals surface area contributed by atoms with E-state index >= 15 is 0 Å². The van der Waals surface area contributed by atoms with E-state index in [0.29, 0.717) is 22.0 Å². The van der Waals surface area contributed by atoms with Crippen molar-refractivity contribution in [2.75, 3.05) is 0 Å². The first-order chi connectivity index (χ1) is 11.1. The summed E-state index contributed by atoms with van der Waals surface area (Å²) in [6, 6.07) is 7.18. The summed E-state index contributed by atoms with van der Waals surface area (Å²) in [6.07, 6.45) is 5.07. The van der Waals surface area contributed by atoms with Crippen LogP contribution in [0.15, 0.2) is 29.3 Å². The molecule has 1 aromatic heterocycles. The fraction of sp³-hybridized carbons (Fsp3) is 0.250. The standard InChI is InChI=1S/C16H13ClN2O3S/c17-12-7-3-1-5-10(12)9-18-15-14(16(20)19(21)22)11-6-2-4-8-13(11)23-15/h1,3,5,7,9H,2,4,6,8H2/b18-9+. The number of amides is 1. The maximum absolute atomic E-state index is 12.0. The molecule has 2 aromatic rings. The van der Waals surface area contributed by atoms with Crippen LogP contribution in [-0.2, 0) is 12.8 Å². The lowest BCUT2D eigenvalue weighted by Crippen LogP contribution is -2.14. The van der Waals surface area contributed by atoms with Crippen LogP contribution in [0.25, 0.3) is 0 Å². The molecule has 1 aliphatic carbocycles. The quantitative estimate of drug-likeness (QED) is 0.467. The molecule has 1 amide bonds. The van der Waals surface area contributed by atoms with Crippen LogP contribution in [0.2, 0.25) is 5.02 Å². The average Bonchev–Trinajstić information content (AvgIpc) is 2.91. The summed E-state index contributed by atoms with van der Waals surface area (Å²) in [4.78, 5) is 27.4. The number of benzene rings is 1. The number of aliphatic imine (C=N–C) groups is 1. The molecule has 0 saturated heterocycles. The number of aryl methyl sites for hydroxylation is 1. The van der Waals surface area contributed by atoms with Gasteiger partial charge in [-0.15, -0.1) is 11.3 Å². The molecule has 3 rings (SSSR count). The van der Waals surface area contributed by atoms with Crippen LogP contribution < -0.4 is 0 Å². The lowest BCUT2D eigenvalue weighted by molar-refractivity contribution is -0.375. The van der Waals surface area contributed by atoms with Gasteiger partial charge in [-0.1, -0.05) is 29.8 Å². The second-order valence-corrected chi connectivity index (χ2v) is 6.72. The zero-order valence-electron chi connectivity index (χ0n) is 12.1. The number of nitrogens with zero attached hydrogens (tertiary/aromatic N) is 2. The molecular weight excluding hydrogens is 336 g/mol. The highest BCUT2D eigenvalue weighted by atomic mass is 35.5. The molecule has 23 heavy (non-hydrogen) atoms. The molecule has 1 aromatic carbocycles. The molecule has 0 radical (unpaired) electrons. The predicted octanol–water partition coefficient (Wildman–Crippen LogP) is 4.45. The number of fused-ring (bicyclic) bond motifs is 1. The third kappa shape index (κ3) is 3.18. The first-order valence-corrected chi connectivity index (χ1v) is 8.39. The Kier molecular flexibility index (Phi) is 4.54. The Morgan fingerprint density at radius 2 is 2.04 bits per heavy atom. The van der Waals surface area contributed by atoms with E-state index in [1.54, 1.807) is 18.3 Å². The van der Waals surface area contributed by atoms with Crippen LogP contribution in [0, 0.1) is 10.1 Å². The highest BCUT2D eigenvalue weighted by molar-refractivity contribution is 7.16. The van der Waals surface area contributed by atoms with Gasteiger partial charge in [-0.25, -0.2) is 9.79 Å². The van der Waals surface area contributed by atoms with E-state index in [-0.39, 0.29) is 5.56 Å². The zero-order chi connectivity index (χ0) is 16.4. The Morgan fingerprint density at radius 1 is 1.30 bits per heavy atom. The van der Waals surface area contributed by atoms with Gasteiger partial charge in [0.15, 0.2) is 0 Å². The van der Waals surface area contributed by atoms with Gasteiger partial charge in [0, 0.05) is 21.7 Å². The summed E-state index contributed by atoms with van der Waals surface area (Å²) >= 11 is 7.45. The first kappa shape index (κ1) is 15.8. The van der Waals surface area contributed by atoms with Gasteiger partial charge in [-0.2, -0.15) is 0 Å². The van der Waals surface area contributed by atoms with E-state index in [0.717, 1.165) is 29.7 Å². The van der Waals surface area contributed by atoms with Gasteiger partial charge >= 0.3 is 5.91 Å². The topological polar surface area (TPSA) is 72.6 Å². The number of carbonyl (C=O) groups is 1. The summed E-state index contributed by atoms with van der Waals surface area (Å²) in [6.45, 7) is 0. The maximum Gasteiger partial charge on any atom is 0.479 e. The van der Waals surface area contributed by atoms with Crippen molar-refractivity contribution >= 4 is 40.1 Å². The van der Waals surface area contributed by atoms with Gasteiger partial charge in [0.25, 0.3) is 0 Å². The molecule has 0 unspecified atom stereocenters. The number of hydrogen-bond acceptors (Lipinski definition) is 5. The van der Waals surface area contributed by atoms with E-state index in [1.165, 1.54) is 11.3 Å². The molecule has 7 heteroatoms. The number of thiophene rings is 1. The molecule has 0 fully saturated rings. The van der Waals surface area contributed by atoms with E-state index < -0.39 is 10.8 Å². The fourth-order valence-electron chi connectivity index (χ4n) is 2.66. The van der Waals surface area contributed by atoms with Gasteiger partial charge < -0.3 is 0 Å². The maximum atomic E-state index is 12.0. The Bertz CT molecular complexity index is 814. The smallest absolute Gasteiger partial charge is 0.255 e. The molecule has 1 heterocycles. The summed E-state index contributed by atoms with van der Waals surface area (Å²) in [5, 5.41) is 11.9. The summed E-state index contributed by atoms with van der Waals surface area (Å²) in [5.74, 6) is -1.07. The number of rotatable bonds is 3. The van der Waals surface area contributed by atoms with Gasteiger partial charge in [0.2, 0.25) is 0 Å². The van der Waals surface area contributed by atoms with E-state index in [4.69, 9.17) is 11.6 Å². The Hall–Kier alpha value is -2.05. The van der Waals surface area contributed by atoms with Crippen LogP contribution >= 0.6 is 22.9 Å². The second kappa shape index (κ2) is 6.60. The normalized spacial score (nSPS) is 14.0. The SMILES string of the molecule is O=C(c1c(/N=C/c2ccccc2Cl)sc2c1CCCC2)[N+](=O)[O-]. The third-order valence-corrected chi connectivity index (χ3v) is 5.30. The van der Waals surface area contributed by atoms with Crippen LogP contribution in [0.1, 0.15) is 39.2 Å². The molecule has 0 aliphatic heterocycles. The van der Waals surface area contributed by atoms with Gasteiger partial charge in [-0.05, 0) is 37.3 Å². The number of halogens is 1. The summed E-state index contributed by atoms with van der Waals surface area (Å²) < 4.78 is 0. The van der Waals surface area contributed by atoms with E-state index in [1.807, 2.05) is 12.1 Å². The summed E-state index contributed by atoms with van der Waals surface area (Å²) in [7, 11) is 0. The van der Waals surface area contributed by atoms with Crippen LogP contribution in [0.3, 0.4) is 0 Å². The van der Waals surface area contributed by atoms with Crippen molar-refractivity contribution in [3.8, 4) is 0 Å². The molecule has 0 spiro atoms. The predicted molar refractivity (Wildman–Crippen MR) is 91.0 cm³/mol. The number of carbonyl (C=O) groups excluding carboxylic acids is 1. The fourth-order valence-corrected chi connectivity index (χ4v) is 4.07. The van der Waals surface area contributed by atoms with Crippen molar-refractivity contribution in [2.24, 2.45) is 4.99 Å². The molecule has 1 aliphatic rings. The van der Waals surface area contributed by atoms with Crippen LogP contribution in [0.5, 0.6) is 0 Å². The molecule has 5 nitrogen and oxygen atoms in total. The Balaban J connectivity index is 2.05. The monoisotopic (exact) mass is 348 g/mol. The molecular formula is C16H13ClN2O3S. The minimum Gasteiger partial charge on any atom is -0.255 e. The van der Waals surface area contributed by atoms with Crippen molar-refractivity contribution in [3.05, 3.63) is 61.0 Å². The van der Waals surface area contributed by atoms with Crippen molar-refractivity contribution < 1.29 is 9.72 Å². The minimum absolute atomic E-state index is 0.151. The highest BCUT2D eigenvalue weighted by Gasteiger charge is 2.31. The molecule has 0 saturated carbocycles. The number of nitro groups is 1. The zero-order valence-corrected chi connectivity index (χ0v) is 13.7. The minimum atomic E-state index is -1.07. The van der Waals surface area contributed by atoms with Crippen molar-refractivity contribution in [3.63, 3.8) is 0 Å². The molecule has 0 N–H and O–H groups in total.